The molecule has 0 aromatic heterocycles. The second-order valence-corrected chi connectivity index (χ2v) is 1.27. The van der Waals surface area contributed by atoms with E-state index in [-0.39, 0.29) is 37.0 Å². The first-order valence-corrected chi connectivity index (χ1v) is 2.64. The molecule has 13 heavy (non-hydrogen) atoms. The molecule has 0 aromatic carbocycles. The molecule has 0 aromatic rings. The van der Waals surface area contributed by atoms with Gasteiger partial charge in [-0.05, 0) is 0 Å². The van der Waals surface area contributed by atoms with Gasteiger partial charge in [0.05, 0.1) is 7.11 Å². The molecule has 1 N–H and O–H groups in total. The quantitative estimate of drug-likeness (QED) is 0.241. The zero-order valence-corrected chi connectivity index (χ0v) is 10.2. The van der Waals surface area contributed by atoms with Gasteiger partial charge in [-0.15, -0.1) is 0 Å². The molecule has 0 spiro atoms. The van der Waals surface area contributed by atoms with Crippen molar-refractivity contribution in [2.24, 2.45) is 0 Å². The van der Waals surface area contributed by atoms with Crippen molar-refractivity contribution >= 4 is 11.9 Å². The van der Waals surface area contributed by atoms with Crippen LogP contribution in [0.4, 0.5) is 0 Å². The van der Waals surface area contributed by atoms with E-state index in [2.05, 4.69) is 17.9 Å². The average Bonchev–Trinajstić information content (AvgIpc) is 2.04. The number of hydrogen-bond donors (Lipinski definition) is 1. The van der Waals surface area contributed by atoms with Crippen molar-refractivity contribution in [3.8, 4) is 0 Å². The number of rotatable bonds is 2. The number of carboxylic acid groups (broad SMARTS) is 1. The van der Waals surface area contributed by atoms with Crippen LogP contribution in [0.1, 0.15) is 0 Å². The number of ether oxygens (including phenoxy) is 1. The summed E-state index contributed by atoms with van der Waals surface area (Å²) in [6.07, 6.45) is 1.94. The molecule has 0 fully saturated rings. The maximum absolute atomic E-state index is 9.84. The minimum Gasteiger partial charge on any atom is -0.478 e. The van der Waals surface area contributed by atoms with Crippen molar-refractivity contribution in [2.45, 2.75) is 0 Å². The molecule has 0 heterocycles. The Bertz CT molecular complexity index is 166. The molecule has 0 rings (SSSR count). The van der Waals surface area contributed by atoms with E-state index < -0.39 is 11.9 Å². The van der Waals surface area contributed by atoms with Crippen LogP contribution in [-0.4, -0.2) is 24.2 Å². The molecular weight excluding hydrogens is 183 g/mol. The molecule has 5 heteroatoms. The molecule has 0 aliphatic rings. The van der Waals surface area contributed by atoms with E-state index in [0.29, 0.717) is 0 Å². The van der Waals surface area contributed by atoms with Crippen LogP contribution in [-0.2, 0) is 14.3 Å². The summed E-state index contributed by atoms with van der Waals surface area (Å²) >= 11 is 0. The number of carboxylic acids is 1. The third-order valence-electron chi connectivity index (χ3n) is 0.542. The summed E-state index contributed by atoms with van der Waals surface area (Å²) in [5, 5.41) is 7.60. The fourth-order valence-corrected chi connectivity index (χ4v) is 0.0833. The minimum atomic E-state index is -0.981. The Morgan fingerprint density at radius 2 is 1.62 bits per heavy atom. The number of carbonyl (C=O) groups is 2. The number of hydrogen-bond acceptors (Lipinski definition) is 3. The fourth-order valence-electron chi connectivity index (χ4n) is 0.0833. The van der Waals surface area contributed by atoms with Crippen LogP contribution in [0, 0.1) is 7.43 Å². The zero-order chi connectivity index (χ0) is 9.28. The summed E-state index contributed by atoms with van der Waals surface area (Å²) < 4.78 is 4.14. The van der Waals surface area contributed by atoms with Gasteiger partial charge in [-0.1, -0.05) is 13.2 Å². The number of esters is 1. The van der Waals surface area contributed by atoms with Crippen LogP contribution in [0.3, 0.4) is 0 Å². The van der Waals surface area contributed by atoms with Crippen molar-refractivity contribution in [1.29, 1.82) is 0 Å². The molecular formula is C8H13NaO4. The molecule has 0 atom stereocenters. The van der Waals surface area contributed by atoms with E-state index in [0.717, 1.165) is 12.2 Å². The number of aliphatic carboxylic acids is 1. The van der Waals surface area contributed by atoms with E-state index in [4.69, 9.17) is 5.11 Å². The molecule has 0 amide bonds. The van der Waals surface area contributed by atoms with Gasteiger partial charge < -0.3 is 17.3 Å². The van der Waals surface area contributed by atoms with Gasteiger partial charge in [0.1, 0.15) is 0 Å². The summed E-state index contributed by atoms with van der Waals surface area (Å²) in [7, 11) is 1.31. The predicted octanol–water partition coefficient (Wildman–Crippen LogP) is -1.94. The topological polar surface area (TPSA) is 63.6 Å². The summed E-state index contributed by atoms with van der Waals surface area (Å²) in [5.74, 6) is -1.37. The summed E-state index contributed by atoms with van der Waals surface area (Å²) in [6, 6.07) is 0. The third kappa shape index (κ3) is 34.5. The maximum Gasteiger partial charge on any atom is 1.00 e. The number of carbonyl (C=O) groups excluding carboxylic acids is 1. The van der Waals surface area contributed by atoms with Gasteiger partial charge in [0.25, 0.3) is 0 Å². The molecule has 70 valence electrons. The fraction of sp³-hybridized carbons (Fsp3) is 0.125. The van der Waals surface area contributed by atoms with Crippen molar-refractivity contribution in [2.75, 3.05) is 7.11 Å². The van der Waals surface area contributed by atoms with Gasteiger partial charge in [0, 0.05) is 12.2 Å². The zero-order valence-electron chi connectivity index (χ0n) is 8.24. The Hall–Kier alpha value is -0.580. The second kappa shape index (κ2) is 17.5. The minimum absolute atomic E-state index is 0. The first-order chi connectivity index (χ1) is 5.08. The van der Waals surface area contributed by atoms with Gasteiger partial charge in [0.15, 0.2) is 0 Å². The normalized spacial score (nSPS) is 5.62. The average molecular weight is 196 g/mol. The van der Waals surface area contributed by atoms with Crippen LogP contribution >= 0.6 is 0 Å². The van der Waals surface area contributed by atoms with Crippen LogP contribution in [0.15, 0.2) is 25.3 Å². The van der Waals surface area contributed by atoms with E-state index in [9.17, 15) is 9.59 Å². The first-order valence-electron chi connectivity index (χ1n) is 2.64. The smallest absolute Gasteiger partial charge is 0.478 e. The van der Waals surface area contributed by atoms with Crippen LogP contribution in [0.2, 0.25) is 0 Å². The second-order valence-electron chi connectivity index (χ2n) is 1.27. The van der Waals surface area contributed by atoms with Crippen LogP contribution < -0.4 is 29.6 Å². The molecule has 4 nitrogen and oxygen atoms in total. The first kappa shape index (κ1) is 22.8. The molecule has 0 saturated heterocycles. The van der Waals surface area contributed by atoms with E-state index in [1.54, 1.807) is 0 Å². The number of methoxy groups -OCH3 is 1. The maximum atomic E-state index is 9.84. The Morgan fingerprint density at radius 1 is 1.31 bits per heavy atom. The summed E-state index contributed by atoms with van der Waals surface area (Å²) in [6.45, 7) is 6.12. The predicted molar refractivity (Wildman–Crippen MR) is 46.5 cm³/mol. The molecule has 0 unspecified atom stereocenters. The van der Waals surface area contributed by atoms with Crippen molar-refractivity contribution < 1.29 is 49.0 Å². The Morgan fingerprint density at radius 3 is 1.62 bits per heavy atom. The summed E-state index contributed by atoms with van der Waals surface area (Å²) in [5.41, 5.74) is 0. The van der Waals surface area contributed by atoms with Gasteiger partial charge >= 0.3 is 41.5 Å². The monoisotopic (exact) mass is 196 g/mol. The molecule has 0 aliphatic heterocycles. The van der Waals surface area contributed by atoms with E-state index >= 15 is 0 Å². The van der Waals surface area contributed by atoms with E-state index in [1.807, 2.05) is 0 Å². The van der Waals surface area contributed by atoms with Gasteiger partial charge in [0.2, 0.25) is 0 Å². The molecule has 0 saturated carbocycles. The Balaban J connectivity index is -0.0000000546. The van der Waals surface area contributed by atoms with Gasteiger partial charge in [-0.25, -0.2) is 9.59 Å². The van der Waals surface area contributed by atoms with Crippen LogP contribution in [0.25, 0.3) is 0 Å². The standard InChI is InChI=1S/C4H6O2.C3H4O2.CH3.Na/c1-3-4(5)6-2;1-2-3(4)5;;/h3H,1H2,2H3;2H,1H2,(H,4,5);1H3;/q;;-1;+1. The van der Waals surface area contributed by atoms with Gasteiger partial charge in [-0.3, -0.25) is 0 Å². The molecule has 0 aliphatic carbocycles. The van der Waals surface area contributed by atoms with Crippen molar-refractivity contribution in [3.63, 3.8) is 0 Å². The van der Waals surface area contributed by atoms with E-state index in [1.165, 1.54) is 7.11 Å². The SMILES string of the molecule is C=CC(=O)O.C=CC(=O)OC.[CH3-].[Na+]. The molecule has 0 radical (unpaired) electrons. The van der Waals surface area contributed by atoms with Crippen molar-refractivity contribution in [1.82, 2.24) is 0 Å². The largest absolute Gasteiger partial charge is 1.00 e. The Kier molecular flexibility index (Phi) is 30.7. The third-order valence-corrected chi connectivity index (χ3v) is 0.542. The summed E-state index contributed by atoms with van der Waals surface area (Å²) in [4.78, 5) is 19.1. The van der Waals surface area contributed by atoms with Crippen molar-refractivity contribution in [3.05, 3.63) is 32.7 Å². The van der Waals surface area contributed by atoms with Crippen LogP contribution in [0.5, 0.6) is 0 Å². The molecule has 0 bridgehead atoms. The Labute approximate surface area is 101 Å². The van der Waals surface area contributed by atoms with Gasteiger partial charge in [-0.2, -0.15) is 0 Å².